The van der Waals surface area contributed by atoms with Gasteiger partial charge in [-0.3, -0.25) is 4.68 Å². The number of aromatic nitrogens is 2. The molecule has 3 heterocycles. The Labute approximate surface area is 174 Å². The number of benzene rings is 1. The van der Waals surface area contributed by atoms with E-state index in [-0.39, 0.29) is 11.5 Å². The topological polar surface area (TPSA) is 53.6 Å². The van der Waals surface area contributed by atoms with E-state index in [1.165, 1.54) is 22.2 Å². The van der Waals surface area contributed by atoms with Crippen LogP contribution in [0.5, 0.6) is 0 Å². The molecule has 29 heavy (non-hydrogen) atoms. The third-order valence-electron chi connectivity index (χ3n) is 5.00. The maximum atomic E-state index is 13.7. The highest BCUT2D eigenvalue weighted by Crippen LogP contribution is 2.43. The molecule has 0 radical (unpaired) electrons. The lowest BCUT2D eigenvalue weighted by Crippen LogP contribution is -2.27. The highest BCUT2D eigenvalue weighted by molar-refractivity contribution is 7.12. The van der Waals surface area contributed by atoms with E-state index in [1.807, 2.05) is 6.07 Å². The zero-order chi connectivity index (χ0) is 20.8. The number of alkyl halides is 3. The van der Waals surface area contributed by atoms with Gasteiger partial charge in [0, 0.05) is 47.2 Å². The van der Waals surface area contributed by atoms with Gasteiger partial charge in [0.25, 0.3) is 0 Å². The van der Waals surface area contributed by atoms with Crippen LogP contribution in [0.2, 0.25) is 5.02 Å². The van der Waals surface area contributed by atoms with Crippen molar-refractivity contribution in [1.82, 2.24) is 15.1 Å². The van der Waals surface area contributed by atoms with E-state index in [9.17, 15) is 18.4 Å². The molecule has 0 fully saturated rings. The van der Waals surface area contributed by atoms with Crippen LogP contribution in [0.4, 0.5) is 13.2 Å². The minimum atomic E-state index is -4.58. The molecule has 0 saturated carbocycles. The average molecular weight is 437 g/mol. The summed E-state index contributed by atoms with van der Waals surface area (Å²) in [5.74, 6) is -0.185. The van der Waals surface area contributed by atoms with Crippen LogP contribution in [0.3, 0.4) is 0 Å². The van der Waals surface area contributed by atoms with Crippen molar-refractivity contribution in [1.29, 1.82) is 5.26 Å². The lowest BCUT2D eigenvalue weighted by atomic mass is 9.84. The van der Waals surface area contributed by atoms with Crippen molar-refractivity contribution < 1.29 is 13.2 Å². The molecule has 4 nitrogen and oxygen atoms in total. The largest absolute Gasteiger partial charge is 0.435 e. The van der Waals surface area contributed by atoms with E-state index in [2.05, 4.69) is 16.5 Å². The van der Waals surface area contributed by atoms with Gasteiger partial charge in [-0.15, -0.1) is 11.3 Å². The average Bonchev–Trinajstić information content (AvgIpc) is 3.31. The van der Waals surface area contributed by atoms with Gasteiger partial charge in [-0.1, -0.05) is 17.7 Å². The number of nitrogens with zero attached hydrogens (tertiary/aromatic N) is 3. The Bertz CT molecular complexity index is 1110. The molecule has 0 amide bonds. The Hall–Kier alpha value is -2.34. The number of hydrogen-bond acceptors (Lipinski definition) is 4. The third kappa shape index (κ3) is 3.66. The quantitative estimate of drug-likeness (QED) is 0.597. The summed E-state index contributed by atoms with van der Waals surface area (Å²) in [5, 5.41) is 16.7. The van der Waals surface area contributed by atoms with Crippen LogP contribution in [-0.4, -0.2) is 16.3 Å². The molecule has 0 spiro atoms. The molecule has 1 unspecified atom stereocenters. The summed E-state index contributed by atoms with van der Waals surface area (Å²) < 4.78 is 42.4. The van der Waals surface area contributed by atoms with Crippen LogP contribution in [0.1, 0.15) is 39.4 Å². The zero-order valence-corrected chi connectivity index (χ0v) is 16.9. The Kier molecular flexibility index (Phi) is 5.15. The fraction of sp³-hybridized carbons (Fsp3) is 0.300. The summed E-state index contributed by atoms with van der Waals surface area (Å²) in [4.78, 5) is 1.62. The number of aryl methyl sites for hydroxylation is 1. The van der Waals surface area contributed by atoms with E-state index in [0.29, 0.717) is 35.1 Å². The second-order valence-corrected chi connectivity index (χ2v) is 8.33. The first-order chi connectivity index (χ1) is 13.8. The van der Waals surface area contributed by atoms with Crippen molar-refractivity contribution in [3.8, 4) is 17.2 Å². The van der Waals surface area contributed by atoms with Crippen molar-refractivity contribution >= 4 is 22.9 Å². The fourth-order valence-electron chi connectivity index (χ4n) is 3.70. The smallest absolute Gasteiger partial charge is 0.311 e. The molecular weight excluding hydrogens is 421 g/mol. The minimum absolute atomic E-state index is 0.0136. The monoisotopic (exact) mass is 436 g/mol. The Morgan fingerprint density at radius 2 is 2.10 bits per heavy atom. The number of rotatable bonds is 3. The summed E-state index contributed by atoms with van der Waals surface area (Å²) >= 11 is 7.58. The number of nitrogens with one attached hydrogen (secondary N) is 1. The van der Waals surface area contributed by atoms with E-state index >= 15 is 0 Å². The molecule has 1 N–H and O–H groups in total. The van der Waals surface area contributed by atoms with Gasteiger partial charge in [0.15, 0.2) is 5.69 Å². The van der Waals surface area contributed by atoms with Crippen molar-refractivity contribution in [3.05, 3.63) is 62.1 Å². The van der Waals surface area contributed by atoms with E-state index < -0.39 is 11.9 Å². The van der Waals surface area contributed by atoms with Gasteiger partial charge in [-0.25, -0.2) is 0 Å². The molecule has 3 aromatic rings. The Morgan fingerprint density at radius 1 is 1.31 bits per heavy atom. The summed E-state index contributed by atoms with van der Waals surface area (Å²) in [7, 11) is 0. The molecule has 150 valence electrons. The molecule has 9 heteroatoms. The van der Waals surface area contributed by atoms with Crippen LogP contribution >= 0.6 is 22.9 Å². The second-order valence-electron chi connectivity index (χ2n) is 6.76. The normalized spacial score (nSPS) is 16.5. The summed E-state index contributed by atoms with van der Waals surface area (Å²) in [5.41, 5.74) is 1.21. The standard InChI is InChI=1S/C20H16ClF3N4S/c1-2-28-10-17(19(27-28)20(22,23)24)14-5-11(21)3-4-13(14)16-8-26-9-18-15(16)6-12(7-25)29-18/h3-6,10,16,26H,2,8-9H2,1H3. The summed E-state index contributed by atoms with van der Waals surface area (Å²) in [6, 6.07) is 9.02. The highest BCUT2D eigenvalue weighted by atomic mass is 35.5. The zero-order valence-electron chi connectivity index (χ0n) is 15.3. The molecule has 0 bridgehead atoms. The predicted molar refractivity (Wildman–Crippen MR) is 106 cm³/mol. The van der Waals surface area contributed by atoms with Crippen LogP contribution in [0.15, 0.2) is 30.5 Å². The molecule has 1 atom stereocenters. The number of fused-ring (bicyclic) bond motifs is 1. The first-order valence-corrected chi connectivity index (χ1v) is 10.2. The maximum absolute atomic E-state index is 13.7. The van der Waals surface area contributed by atoms with Gasteiger partial charge in [0.2, 0.25) is 0 Å². The van der Waals surface area contributed by atoms with Crippen molar-refractivity contribution in [2.75, 3.05) is 6.54 Å². The molecule has 0 saturated heterocycles. The van der Waals surface area contributed by atoms with Crippen LogP contribution < -0.4 is 5.32 Å². The van der Waals surface area contributed by atoms with Crippen molar-refractivity contribution in [2.24, 2.45) is 0 Å². The first kappa shape index (κ1) is 20.0. The van der Waals surface area contributed by atoms with Gasteiger partial charge >= 0.3 is 6.18 Å². The molecule has 2 aromatic heterocycles. The summed E-state index contributed by atoms with van der Waals surface area (Å²) in [6.45, 7) is 3.27. The van der Waals surface area contributed by atoms with Crippen LogP contribution in [-0.2, 0) is 19.3 Å². The van der Waals surface area contributed by atoms with E-state index in [4.69, 9.17) is 11.6 Å². The maximum Gasteiger partial charge on any atom is 0.435 e. The minimum Gasteiger partial charge on any atom is -0.311 e. The Balaban J connectivity index is 1.92. The second kappa shape index (κ2) is 7.48. The SMILES string of the molecule is CCn1cc(-c2cc(Cl)ccc2C2CNCc3sc(C#N)cc32)c(C(F)(F)F)n1. The molecule has 1 aliphatic rings. The lowest BCUT2D eigenvalue weighted by molar-refractivity contribution is -0.141. The van der Waals surface area contributed by atoms with Crippen LogP contribution in [0.25, 0.3) is 11.1 Å². The fourth-order valence-corrected chi connectivity index (χ4v) is 4.87. The van der Waals surface area contributed by atoms with E-state index in [0.717, 1.165) is 16.0 Å². The van der Waals surface area contributed by atoms with E-state index in [1.54, 1.807) is 25.1 Å². The van der Waals surface area contributed by atoms with Crippen molar-refractivity contribution in [3.63, 3.8) is 0 Å². The van der Waals surface area contributed by atoms with Crippen molar-refractivity contribution in [2.45, 2.75) is 32.1 Å². The number of nitriles is 1. The molecule has 4 rings (SSSR count). The van der Waals surface area contributed by atoms with Gasteiger partial charge in [0.1, 0.15) is 10.9 Å². The molecular formula is C20H16ClF3N4S. The van der Waals surface area contributed by atoms with Crippen LogP contribution in [0, 0.1) is 11.3 Å². The molecule has 1 aliphatic heterocycles. The number of halogens is 4. The predicted octanol–water partition coefficient (Wildman–Crippen LogP) is 5.41. The highest BCUT2D eigenvalue weighted by Gasteiger charge is 2.38. The number of hydrogen-bond donors (Lipinski definition) is 1. The van der Waals surface area contributed by atoms with Gasteiger partial charge in [0.05, 0.1) is 0 Å². The van der Waals surface area contributed by atoms with Gasteiger partial charge in [-0.05, 0) is 41.8 Å². The Morgan fingerprint density at radius 3 is 2.79 bits per heavy atom. The molecule has 1 aromatic carbocycles. The number of thiophene rings is 1. The lowest BCUT2D eigenvalue weighted by Gasteiger charge is -2.26. The molecule has 0 aliphatic carbocycles. The van der Waals surface area contributed by atoms with Gasteiger partial charge in [-0.2, -0.15) is 23.5 Å². The summed E-state index contributed by atoms with van der Waals surface area (Å²) in [6.07, 6.45) is -3.16. The van der Waals surface area contributed by atoms with Gasteiger partial charge < -0.3 is 5.32 Å². The third-order valence-corrected chi connectivity index (χ3v) is 6.29. The first-order valence-electron chi connectivity index (χ1n) is 8.99.